The molecular formula is C32H38NSi+. The summed E-state index contributed by atoms with van der Waals surface area (Å²) < 4.78 is 2.32. The van der Waals surface area contributed by atoms with Gasteiger partial charge in [0, 0.05) is 6.07 Å². The predicted molar refractivity (Wildman–Crippen MR) is 150 cm³/mol. The number of nitrogens with zero attached hydrogens (tertiary/aromatic N) is 1. The number of fused-ring (bicyclic) bond motifs is 1. The number of hydrogen-bond acceptors (Lipinski definition) is 0. The number of rotatable bonds is 4. The fourth-order valence-electron chi connectivity index (χ4n) is 6.08. The van der Waals surface area contributed by atoms with Crippen molar-refractivity contribution < 1.29 is 4.57 Å². The maximum absolute atomic E-state index is 2.61. The standard InChI is InChI=1S/C32H38NSi/c1-23(2)30-21-27(25-12-8-6-9-13-25)22-31(24(30)3)32-29-15-14-28(20-26(29)16-17-33(32)4)34(5)18-10-7-11-19-34/h6,8-9,12-17,20-23H,7,10-11,18-19H2,1-5H3/q+1. The topological polar surface area (TPSA) is 3.88 Å². The molecule has 1 aliphatic heterocycles. The lowest BCUT2D eigenvalue weighted by atomic mass is 9.87. The lowest BCUT2D eigenvalue weighted by Crippen LogP contribution is -2.45. The fourth-order valence-corrected chi connectivity index (χ4v) is 9.96. The fraction of sp³-hybridized carbons (Fsp3) is 0.344. The summed E-state index contributed by atoms with van der Waals surface area (Å²) >= 11 is 0. The molecule has 0 amide bonds. The molecule has 0 bridgehead atoms. The number of hydrogen-bond donors (Lipinski definition) is 0. The van der Waals surface area contributed by atoms with Crippen LogP contribution in [0.2, 0.25) is 18.6 Å². The van der Waals surface area contributed by atoms with Crippen molar-refractivity contribution in [3.05, 3.63) is 84.1 Å². The van der Waals surface area contributed by atoms with E-state index in [9.17, 15) is 0 Å². The van der Waals surface area contributed by atoms with Crippen molar-refractivity contribution >= 4 is 24.0 Å². The van der Waals surface area contributed by atoms with Crippen LogP contribution in [-0.4, -0.2) is 8.07 Å². The second kappa shape index (κ2) is 9.15. The van der Waals surface area contributed by atoms with Gasteiger partial charge in [0.2, 0.25) is 5.69 Å². The van der Waals surface area contributed by atoms with Gasteiger partial charge in [-0.05, 0) is 52.6 Å². The SMILES string of the molecule is Cc1c(-c2c3ccc([Si]4(C)CCCCC4)cc3cc[n+]2C)cc(-c2ccccc2)cc1C(C)C. The summed E-state index contributed by atoms with van der Waals surface area (Å²) in [7, 11) is 0.863. The first kappa shape index (κ1) is 23.0. The highest BCUT2D eigenvalue weighted by Crippen LogP contribution is 2.37. The Balaban J connectivity index is 1.72. The lowest BCUT2D eigenvalue weighted by Gasteiger charge is -2.32. The molecule has 1 fully saturated rings. The van der Waals surface area contributed by atoms with Gasteiger partial charge in [-0.1, -0.05) is 105 Å². The Hall–Kier alpha value is -2.71. The maximum atomic E-state index is 2.61. The molecule has 3 aromatic carbocycles. The molecule has 0 aliphatic carbocycles. The Morgan fingerprint density at radius 3 is 2.26 bits per heavy atom. The van der Waals surface area contributed by atoms with Crippen molar-refractivity contribution in [2.75, 3.05) is 0 Å². The van der Waals surface area contributed by atoms with E-state index >= 15 is 0 Å². The smallest absolute Gasteiger partial charge is 0.200 e. The first-order valence-corrected chi connectivity index (χ1v) is 15.9. The van der Waals surface area contributed by atoms with Gasteiger partial charge in [-0.3, -0.25) is 0 Å². The molecule has 1 saturated heterocycles. The maximum Gasteiger partial charge on any atom is 0.220 e. The van der Waals surface area contributed by atoms with Crippen molar-refractivity contribution in [3.63, 3.8) is 0 Å². The molecule has 174 valence electrons. The van der Waals surface area contributed by atoms with Crippen LogP contribution in [0, 0.1) is 6.92 Å². The van der Waals surface area contributed by atoms with Crippen molar-refractivity contribution in [1.29, 1.82) is 0 Å². The molecule has 0 saturated carbocycles. The van der Waals surface area contributed by atoms with E-state index in [4.69, 9.17) is 0 Å². The van der Waals surface area contributed by atoms with Crippen molar-refractivity contribution in [2.45, 2.75) is 64.6 Å². The molecule has 1 nitrogen and oxygen atoms in total. The summed E-state index contributed by atoms with van der Waals surface area (Å²) in [6.07, 6.45) is 6.51. The summed E-state index contributed by atoms with van der Waals surface area (Å²) in [4.78, 5) is 0. The van der Waals surface area contributed by atoms with Gasteiger partial charge < -0.3 is 0 Å². The molecular weight excluding hydrogens is 426 g/mol. The van der Waals surface area contributed by atoms with Gasteiger partial charge in [-0.2, -0.15) is 0 Å². The summed E-state index contributed by atoms with van der Waals surface area (Å²) in [6, 6.07) is 28.3. The second-order valence-corrected chi connectivity index (χ2v) is 15.7. The van der Waals surface area contributed by atoms with Gasteiger partial charge in [-0.15, -0.1) is 0 Å². The van der Waals surface area contributed by atoms with Crippen LogP contribution in [-0.2, 0) is 7.05 Å². The first-order chi connectivity index (χ1) is 16.4. The van der Waals surface area contributed by atoms with Crippen LogP contribution >= 0.6 is 0 Å². The third-order valence-electron chi connectivity index (χ3n) is 8.22. The summed E-state index contributed by atoms with van der Waals surface area (Å²) in [5.74, 6) is 0.478. The van der Waals surface area contributed by atoms with E-state index in [0.717, 1.165) is 0 Å². The van der Waals surface area contributed by atoms with Gasteiger partial charge in [-0.25, -0.2) is 4.57 Å². The highest BCUT2D eigenvalue weighted by atomic mass is 28.3. The van der Waals surface area contributed by atoms with Crippen LogP contribution in [0.1, 0.15) is 50.2 Å². The Morgan fingerprint density at radius 2 is 1.56 bits per heavy atom. The van der Waals surface area contributed by atoms with Crippen molar-refractivity contribution in [1.82, 2.24) is 0 Å². The molecule has 4 aromatic rings. The molecule has 2 heterocycles. The highest BCUT2D eigenvalue weighted by Gasteiger charge is 2.32. The normalized spacial score (nSPS) is 15.7. The minimum Gasteiger partial charge on any atom is -0.200 e. The Morgan fingerprint density at radius 1 is 0.824 bits per heavy atom. The zero-order valence-electron chi connectivity index (χ0n) is 21.5. The third-order valence-corrected chi connectivity index (χ3v) is 12.8. The molecule has 0 spiro atoms. The molecule has 2 heteroatoms. The lowest BCUT2D eigenvalue weighted by molar-refractivity contribution is -0.659. The quantitative estimate of drug-likeness (QED) is 0.213. The number of aryl methyl sites for hydroxylation is 1. The molecule has 0 radical (unpaired) electrons. The number of aromatic nitrogens is 1. The second-order valence-electron chi connectivity index (χ2n) is 11.0. The largest absolute Gasteiger partial charge is 0.220 e. The molecule has 0 unspecified atom stereocenters. The van der Waals surface area contributed by atoms with Crippen molar-refractivity contribution in [3.8, 4) is 22.4 Å². The third kappa shape index (κ3) is 4.13. The zero-order valence-corrected chi connectivity index (χ0v) is 22.5. The Labute approximate surface area is 206 Å². The average Bonchev–Trinajstić information content (AvgIpc) is 2.85. The van der Waals surface area contributed by atoms with Crippen LogP contribution in [0.4, 0.5) is 0 Å². The minimum absolute atomic E-state index is 0.478. The van der Waals surface area contributed by atoms with Gasteiger partial charge in [0.25, 0.3) is 0 Å². The van der Waals surface area contributed by atoms with Crippen LogP contribution in [0.15, 0.2) is 72.9 Å². The molecule has 1 aliphatic rings. The first-order valence-electron chi connectivity index (χ1n) is 13.0. The van der Waals surface area contributed by atoms with Crippen LogP contribution in [0.25, 0.3) is 33.2 Å². The summed E-state index contributed by atoms with van der Waals surface area (Å²) in [6.45, 7) is 9.54. The number of pyridine rings is 1. The van der Waals surface area contributed by atoms with Gasteiger partial charge in [0.1, 0.15) is 7.05 Å². The molecule has 1 aromatic heterocycles. The minimum atomic E-state index is -1.33. The highest BCUT2D eigenvalue weighted by molar-refractivity contribution is 6.91. The van der Waals surface area contributed by atoms with E-state index in [1.54, 1.807) is 5.19 Å². The molecule has 0 atom stereocenters. The van der Waals surface area contributed by atoms with Gasteiger partial charge in [0.05, 0.1) is 19.0 Å². The van der Waals surface area contributed by atoms with Gasteiger partial charge in [0.15, 0.2) is 6.20 Å². The zero-order chi connectivity index (χ0) is 23.9. The van der Waals surface area contributed by atoms with E-state index in [-0.39, 0.29) is 0 Å². The summed E-state index contributed by atoms with van der Waals surface area (Å²) in [5.41, 5.74) is 8.11. The van der Waals surface area contributed by atoms with E-state index in [0.29, 0.717) is 5.92 Å². The monoisotopic (exact) mass is 464 g/mol. The van der Waals surface area contributed by atoms with Crippen LogP contribution in [0.5, 0.6) is 0 Å². The summed E-state index contributed by atoms with van der Waals surface area (Å²) in [5, 5.41) is 4.41. The van der Waals surface area contributed by atoms with Crippen LogP contribution in [0.3, 0.4) is 0 Å². The van der Waals surface area contributed by atoms with E-state index in [1.165, 1.54) is 75.6 Å². The van der Waals surface area contributed by atoms with Gasteiger partial charge >= 0.3 is 0 Å². The van der Waals surface area contributed by atoms with E-state index < -0.39 is 8.07 Å². The van der Waals surface area contributed by atoms with E-state index in [1.807, 2.05) is 0 Å². The molecule has 5 rings (SSSR count). The number of benzene rings is 3. The van der Waals surface area contributed by atoms with E-state index in [2.05, 4.69) is 112 Å². The predicted octanol–water partition coefficient (Wildman–Crippen LogP) is 7.90. The molecule has 0 N–H and O–H groups in total. The molecule has 34 heavy (non-hydrogen) atoms. The Bertz CT molecular complexity index is 1330. The van der Waals surface area contributed by atoms with Crippen molar-refractivity contribution in [2.24, 2.45) is 7.05 Å². The average molecular weight is 465 g/mol. The Kier molecular flexibility index (Phi) is 6.20. The van der Waals surface area contributed by atoms with Crippen LogP contribution < -0.4 is 9.75 Å².